The van der Waals surface area contributed by atoms with E-state index in [9.17, 15) is 9.59 Å². The molecule has 1 rings (SSSR count). The van der Waals surface area contributed by atoms with E-state index in [1.54, 1.807) is 11.8 Å². The molecule has 1 aliphatic heterocycles. The summed E-state index contributed by atoms with van der Waals surface area (Å²) in [7, 11) is 2.02. The lowest BCUT2D eigenvalue weighted by Gasteiger charge is -2.37. The molecule has 0 aromatic heterocycles. The van der Waals surface area contributed by atoms with E-state index in [0.29, 0.717) is 25.6 Å². The maximum absolute atomic E-state index is 11.9. The standard InChI is InChI=1S/C11H21N3O3/c1-4-9(10(15)16)12-11(17)14-6-5-13(3)8(2)7-14/h8-9H,4-7H2,1-3H3,(H,12,17)(H,15,16)/t8?,9-/m0/s1. The van der Waals surface area contributed by atoms with Crippen LogP contribution in [0.15, 0.2) is 0 Å². The highest BCUT2D eigenvalue weighted by atomic mass is 16.4. The number of likely N-dealkylation sites (N-methyl/N-ethyl adjacent to an activating group) is 1. The average molecular weight is 243 g/mol. The molecule has 0 aliphatic carbocycles. The maximum atomic E-state index is 11.9. The van der Waals surface area contributed by atoms with Gasteiger partial charge in [0.25, 0.3) is 0 Å². The van der Waals surface area contributed by atoms with E-state index in [1.165, 1.54) is 0 Å². The summed E-state index contributed by atoms with van der Waals surface area (Å²) in [6, 6.07) is -0.768. The summed E-state index contributed by atoms with van der Waals surface area (Å²) in [5.41, 5.74) is 0. The Hall–Kier alpha value is -1.30. The second-order valence-electron chi connectivity index (χ2n) is 4.52. The molecule has 1 unspecified atom stereocenters. The minimum absolute atomic E-state index is 0.279. The largest absolute Gasteiger partial charge is 0.480 e. The number of carbonyl (C=O) groups excluding carboxylic acids is 1. The lowest BCUT2D eigenvalue weighted by Crippen LogP contribution is -2.56. The zero-order valence-electron chi connectivity index (χ0n) is 10.6. The summed E-state index contributed by atoms with van der Waals surface area (Å²) < 4.78 is 0. The van der Waals surface area contributed by atoms with Gasteiger partial charge in [-0.15, -0.1) is 0 Å². The van der Waals surface area contributed by atoms with Crippen molar-refractivity contribution in [3.63, 3.8) is 0 Å². The predicted octanol–water partition coefficient (Wildman–Crippen LogP) is 0.195. The van der Waals surface area contributed by atoms with Crippen LogP contribution < -0.4 is 5.32 Å². The van der Waals surface area contributed by atoms with Crippen molar-refractivity contribution in [2.24, 2.45) is 0 Å². The zero-order chi connectivity index (χ0) is 13.0. The van der Waals surface area contributed by atoms with Gasteiger partial charge in [-0.3, -0.25) is 0 Å². The molecule has 0 aromatic rings. The van der Waals surface area contributed by atoms with Crippen LogP contribution >= 0.6 is 0 Å². The van der Waals surface area contributed by atoms with Crippen molar-refractivity contribution in [2.75, 3.05) is 26.7 Å². The van der Waals surface area contributed by atoms with Gasteiger partial charge in [0.1, 0.15) is 6.04 Å². The van der Waals surface area contributed by atoms with E-state index in [-0.39, 0.29) is 6.03 Å². The highest BCUT2D eigenvalue weighted by Gasteiger charge is 2.26. The summed E-state index contributed by atoms with van der Waals surface area (Å²) in [5, 5.41) is 11.4. The minimum atomic E-state index is -0.983. The fourth-order valence-electron chi connectivity index (χ4n) is 1.81. The monoisotopic (exact) mass is 243 g/mol. The molecule has 98 valence electrons. The lowest BCUT2D eigenvalue weighted by atomic mass is 10.2. The van der Waals surface area contributed by atoms with Crippen molar-refractivity contribution in [1.82, 2.24) is 15.1 Å². The van der Waals surface area contributed by atoms with Crippen molar-refractivity contribution in [3.05, 3.63) is 0 Å². The van der Waals surface area contributed by atoms with Crippen molar-refractivity contribution < 1.29 is 14.7 Å². The number of piperazine rings is 1. The first kappa shape index (κ1) is 13.8. The van der Waals surface area contributed by atoms with E-state index in [2.05, 4.69) is 10.2 Å². The molecular weight excluding hydrogens is 222 g/mol. The van der Waals surface area contributed by atoms with E-state index >= 15 is 0 Å². The highest BCUT2D eigenvalue weighted by molar-refractivity contribution is 5.82. The van der Waals surface area contributed by atoms with Gasteiger partial charge in [0, 0.05) is 25.7 Å². The SMILES string of the molecule is CC[C@H](NC(=O)N1CCN(C)C(C)C1)C(=O)O. The normalized spacial score (nSPS) is 23.2. The van der Waals surface area contributed by atoms with Crippen molar-refractivity contribution in [1.29, 1.82) is 0 Å². The molecule has 0 saturated carbocycles. The van der Waals surface area contributed by atoms with Crippen LogP contribution in [0.5, 0.6) is 0 Å². The second-order valence-corrected chi connectivity index (χ2v) is 4.52. The first-order chi connectivity index (χ1) is 7.95. The van der Waals surface area contributed by atoms with Gasteiger partial charge in [0.2, 0.25) is 0 Å². The van der Waals surface area contributed by atoms with Gasteiger partial charge in [-0.2, -0.15) is 0 Å². The van der Waals surface area contributed by atoms with Gasteiger partial charge in [0.05, 0.1) is 0 Å². The number of carbonyl (C=O) groups is 2. The Labute approximate surface area is 102 Å². The number of urea groups is 1. The Balaban J connectivity index is 2.50. The van der Waals surface area contributed by atoms with Gasteiger partial charge in [-0.05, 0) is 20.4 Å². The van der Waals surface area contributed by atoms with Crippen LogP contribution in [0, 0.1) is 0 Å². The summed E-state index contributed by atoms with van der Waals surface area (Å²) in [6.07, 6.45) is 0.393. The third-order valence-corrected chi connectivity index (χ3v) is 3.25. The molecule has 6 nitrogen and oxygen atoms in total. The van der Waals surface area contributed by atoms with Crippen molar-refractivity contribution in [2.45, 2.75) is 32.4 Å². The molecule has 2 amide bonds. The Bertz CT molecular complexity index is 296. The van der Waals surface area contributed by atoms with Crippen LogP contribution in [0.4, 0.5) is 4.79 Å². The van der Waals surface area contributed by atoms with Gasteiger partial charge in [-0.25, -0.2) is 9.59 Å². The first-order valence-corrected chi connectivity index (χ1v) is 5.94. The molecule has 1 fully saturated rings. The topological polar surface area (TPSA) is 72.9 Å². The number of carboxylic acid groups (broad SMARTS) is 1. The molecule has 0 aromatic carbocycles. The summed E-state index contributed by atoms with van der Waals surface area (Å²) >= 11 is 0. The molecule has 0 spiro atoms. The molecule has 17 heavy (non-hydrogen) atoms. The fraction of sp³-hybridized carbons (Fsp3) is 0.818. The van der Waals surface area contributed by atoms with Crippen LogP contribution in [-0.4, -0.2) is 65.7 Å². The van der Waals surface area contributed by atoms with E-state index in [0.717, 1.165) is 6.54 Å². The molecule has 1 aliphatic rings. The van der Waals surface area contributed by atoms with E-state index in [1.807, 2.05) is 14.0 Å². The number of hydrogen-bond acceptors (Lipinski definition) is 3. The molecule has 1 saturated heterocycles. The lowest BCUT2D eigenvalue weighted by molar-refractivity contribution is -0.139. The number of hydrogen-bond donors (Lipinski definition) is 2. The van der Waals surface area contributed by atoms with Crippen LogP contribution in [0.3, 0.4) is 0 Å². The third kappa shape index (κ3) is 3.59. The van der Waals surface area contributed by atoms with Gasteiger partial charge in [0.15, 0.2) is 0 Å². The molecular formula is C11H21N3O3. The summed E-state index contributed by atoms with van der Waals surface area (Å²) in [6.45, 7) is 5.89. The maximum Gasteiger partial charge on any atom is 0.326 e. The molecule has 2 atom stereocenters. The second kappa shape index (κ2) is 5.86. The van der Waals surface area contributed by atoms with Crippen LogP contribution in [0.2, 0.25) is 0 Å². The number of nitrogens with zero attached hydrogens (tertiary/aromatic N) is 2. The van der Waals surface area contributed by atoms with E-state index < -0.39 is 12.0 Å². The number of rotatable bonds is 3. The third-order valence-electron chi connectivity index (χ3n) is 3.25. The Morgan fingerprint density at radius 3 is 2.59 bits per heavy atom. The van der Waals surface area contributed by atoms with Crippen LogP contribution in [0.1, 0.15) is 20.3 Å². The quantitative estimate of drug-likeness (QED) is 0.742. The van der Waals surface area contributed by atoms with E-state index in [4.69, 9.17) is 5.11 Å². The van der Waals surface area contributed by atoms with Gasteiger partial charge in [-0.1, -0.05) is 6.92 Å². The molecule has 6 heteroatoms. The van der Waals surface area contributed by atoms with Crippen LogP contribution in [-0.2, 0) is 4.79 Å². The van der Waals surface area contributed by atoms with Crippen molar-refractivity contribution >= 4 is 12.0 Å². The minimum Gasteiger partial charge on any atom is -0.480 e. The predicted molar refractivity (Wildman–Crippen MR) is 63.9 cm³/mol. The molecule has 2 N–H and O–H groups in total. The fourth-order valence-corrected chi connectivity index (χ4v) is 1.81. The Morgan fingerprint density at radius 2 is 2.12 bits per heavy atom. The number of amides is 2. The van der Waals surface area contributed by atoms with Crippen molar-refractivity contribution in [3.8, 4) is 0 Å². The summed E-state index contributed by atoms with van der Waals surface area (Å²) in [5.74, 6) is -0.983. The Morgan fingerprint density at radius 1 is 1.47 bits per heavy atom. The average Bonchev–Trinajstić information content (AvgIpc) is 2.28. The number of aliphatic carboxylic acids is 1. The smallest absolute Gasteiger partial charge is 0.326 e. The highest BCUT2D eigenvalue weighted by Crippen LogP contribution is 2.07. The molecule has 0 radical (unpaired) electrons. The Kier molecular flexibility index (Phi) is 4.74. The zero-order valence-corrected chi connectivity index (χ0v) is 10.6. The number of carboxylic acids is 1. The molecule has 1 heterocycles. The van der Waals surface area contributed by atoms with Gasteiger partial charge < -0.3 is 20.2 Å². The summed E-state index contributed by atoms with van der Waals surface area (Å²) in [4.78, 5) is 26.5. The first-order valence-electron chi connectivity index (χ1n) is 5.94. The van der Waals surface area contributed by atoms with Gasteiger partial charge >= 0.3 is 12.0 Å². The number of nitrogens with one attached hydrogen (secondary N) is 1. The molecule has 0 bridgehead atoms. The van der Waals surface area contributed by atoms with Crippen LogP contribution in [0.25, 0.3) is 0 Å².